The van der Waals surface area contributed by atoms with Gasteiger partial charge < -0.3 is 4.57 Å². The Labute approximate surface area is 242 Å². The van der Waals surface area contributed by atoms with E-state index in [9.17, 15) is 0 Å². The molecule has 0 radical (unpaired) electrons. The van der Waals surface area contributed by atoms with Crippen molar-refractivity contribution < 1.29 is 0 Å². The van der Waals surface area contributed by atoms with Crippen LogP contribution in [0, 0.1) is 0 Å². The molecule has 3 heteroatoms. The van der Waals surface area contributed by atoms with Gasteiger partial charge in [-0.15, -0.1) is 0 Å². The molecule has 0 saturated heterocycles. The molecule has 3 nitrogen and oxygen atoms in total. The van der Waals surface area contributed by atoms with Gasteiger partial charge in [0.1, 0.15) is 5.82 Å². The number of fused-ring (bicyclic) bond motifs is 7. The minimum absolute atomic E-state index is 0.947. The molecule has 42 heavy (non-hydrogen) atoms. The number of hydrogen-bond donors (Lipinski definition) is 0. The average molecular weight is 536 g/mol. The van der Waals surface area contributed by atoms with Crippen LogP contribution in [0.3, 0.4) is 0 Å². The highest BCUT2D eigenvalue weighted by Crippen LogP contribution is 2.40. The SMILES string of the molecule is c1ccc(-c2cnc(-n3c4ccccc4c4ccc5cc6ccn(-c7ccccc7)c6cc5c43)c3ccccc23)cc1. The molecule has 0 unspecified atom stereocenters. The van der Waals surface area contributed by atoms with Crippen LogP contribution in [0.25, 0.3) is 76.9 Å². The minimum Gasteiger partial charge on any atom is -0.317 e. The van der Waals surface area contributed by atoms with Crippen molar-refractivity contribution >= 4 is 54.3 Å². The summed E-state index contributed by atoms with van der Waals surface area (Å²) in [5.74, 6) is 0.947. The molecular weight excluding hydrogens is 510 g/mol. The van der Waals surface area contributed by atoms with Crippen LogP contribution in [0.15, 0.2) is 152 Å². The highest BCUT2D eigenvalue weighted by atomic mass is 15.1. The van der Waals surface area contributed by atoms with Crippen LogP contribution in [-0.2, 0) is 0 Å². The van der Waals surface area contributed by atoms with Crippen LogP contribution < -0.4 is 0 Å². The monoisotopic (exact) mass is 535 g/mol. The number of para-hydroxylation sites is 2. The van der Waals surface area contributed by atoms with Gasteiger partial charge in [-0.2, -0.15) is 0 Å². The van der Waals surface area contributed by atoms with Crippen molar-refractivity contribution in [3.05, 3.63) is 152 Å². The minimum atomic E-state index is 0.947. The number of pyridine rings is 1. The van der Waals surface area contributed by atoms with Gasteiger partial charge in [0.05, 0.1) is 16.6 Å². The third-order valence-electron chi connectivity index (χ3n) is 8.57. The number of hydrogen-bond acceptors (Lipinski definition) is 1. The molecule has 0 saturated carbocycles. The maximum Gasteiger partial charge on any atom is 0.145 e. The van der Waals surface area contributed by atoms with Gasteiger partial charge in [0.15, 0.2) is 0 Å². The third-order valence-corrected chi connectivity index (χ3v) is 8.57. The maximum atomic E-state index is 5.21. The quantitative estimate of drug-likeness (QED) is 0.221. The zero-order valence-corrected chi connectivity index (χ0v) is 22.8. The molecule has 0 bridgehead atoms. The van der Waals surface area contributed by atoms with Crippen LogP contribution in [0.1, 0.15) is 0 Å². The first-order valence-electron chi connectivity index (χ1n) is 14.3. The lowest BCUT2D eigenvalue weighted by molar-refractivity contribution is 1.10. The van der Waals surface area contributed by atoms with Gasteiger partial charge in [-0.25, -0.2) is 4.98 Å². The highest BCUT2D eigenvalue weighted by molar-refractivity contribution is 6.21. The van der Waals surface area contributed by atoms with Crippen LogP contribution in [-0.4, -0.2) is 14.1 Å². The summed E-state index contributed by atoms with van der Waals surface area (Å²) in [7, 11) is 0. The first-order chi connectivity index (χ1) is 20.8. The Morgan fingerprint density at radius 1 is 0.476 bits per heavy atom. The fourth-order valence-electron chi connectivity index (χ4n) is 6.65. The molecule has 0 spiro atoms. The standard InChI is InChI=1S/C39H25N3/c1-3-11-26(12-4-1)35-25-40-39(33-17-8-7-15-30(33)35)42-36-18-10-9-16-31(36)32-20-19-27-23-28-21-22-41(29-13-5-2-6-14-29)37(28)24-34(27)38(32)42/h1-25H. The van der Waals surface area contributed by atoms with Gasteiger partial charge in [-0.3, -0.25) is 4.57 Å². The van der Waals surface area contributed by atoms with E-state index >= 15 is 0 Å². The molecule has 3 aromatic heterocycles. The molecule has 0 aliphatic carbocycles. The predicted molar refractivity (Wildman–Crippen MR) is 176 cm³/mol. The van der Waals surface area contributed by atoms with E-state index in [1.807, 2.05) is 6.20 Å². The van der Waals surface area contributed by atoms with Gasteiger partial charge in [-0.05, 0) is 52.7 Å². The van der Waals surface area contributed by atoms with Crippen molar-refractivity contribution in [3.8, 4) is 22.6 Å². The Kier molecular flexibility index (Phi) is 4.90. The van der Waals surface area contributed by atoms with Crippen LogP contribution in [0.4, 0.5) is 0 Å². The van der Waals surface area contributed by atoms with Crippen LogP contribution in [0.5, 0.6) is 0 Å². The molecule has 9 rings (SSSR count). The van der Waals surface area contributed by atoms with E-state index in [0.29, 0.717) is 0 Å². The molecule has 196 valence electrons. The molecule has 0 aliphatic rings. The van der Waals surface area contributed by atoms with Crippen LogP contribution >= 0.6 is 0 Å². The Morgan fingerprint density at radius 2 is 1.19 bits per heavy atom. The molecule has 0 aliphatic heterocycles. The van der Waals surface area contributed by atoms with E-state index in [4.69, 9.17) is 4.98 Å². The second-order valence-electron chi connectivity index (χ2n) is 10.9. The molecule has 9 aromatic rings. The van der Waals surface area contributed by atoms with Crippen molar-refractivity contribution in [2.75, 3.05) is 0 Å². The summed E-state index contributed by atoms with van der Waals surface area (Å²) in [6.07, 6.45) is 4.21. The Hall–Kier alpha value is -5.67. The molecule has 0 N–H and O–H groups in total. The summed E-state index contributed by atoms with van der Waals surface area (Å²) in [5.41, 5.74) is 7.00. The summed E-state index contributed by atoms with van der Waals surface area (Å²) < 4.78 is 4.66. The molecule has 3 heterocycles. The van der Waals surface area contributed by atoms with E-state index in [-0.39, 0.29) is 0 Å². The summed E-state index contributed by atoms with van der Waals surface area (Å²) >= 11 is 0. The van der Waals surface area contributed by atoms with E-state index in [1.165, 1.54) is 48.9 Å². The third kappa shape index (κ3) is 3.31. The van der Waals surface area contributed by atoms with Crippen molar-refractivity contribution in [1.29, 1.82) is 0 Å². The second kappa shape index (κ2) is 8.92. The van der Waals surface area contributed by atoms with Gasteiger partial charge in [0.25, 0.3) is 0 Å². The Balaban J connectivity index is 1.42. The molecule has 0 amide bonds. The zero-order chi connectivity index (χ0) is 27.6. The van der Waals surface area contributed by atoms with E-state index < -0.39 is 0 Å². The predicted octanol–water partition coefficient (Wildman–Crippen LogP) is 10.1. The number of nitrogens with zero attached hydrogens (tertiary/aromatic N) is 3. The highest BCUT2D eigenvalue weighted by Gasteiger charge is 2.19. The summed E-state index contributed by atoms with van der Waals surface area (Å²) in [5, 5.41) is 8.44. The van der Waals surface area contributed by atoms with Gasteiger partial charge in [0.2, 0.25) is 0 Å². The number of rotatable bonds is 3. The summed E-state index contributed by atoms with van der Waals surface area (Å²) in [6.45, 7) is 0. The Morgan fingerprint density at radius 3 is 2.02 bits per heavy atom. The lowest BCUT2D eigenvalue weighted by Gasteiger charge is -2.15. The van der Waals surface area contributed by atoms with Gasteiger partial charge in [0, 0.05) is 50.6 Å². The van der Waals surface area contributed by atoms with Gasteiger partial charge in [-0.1, -0.05) is 103 Å². The van der Waals surface area contributed by atoms with E-state index in [2.05, 4.69) is 155 Å². The molecular formula is C39H25N3. The fraction of sp³-hybridized carbons (Fsp3) is 0. The zero-order valence-electron chi connectivity index (χ0n) is 22.8. The average Bonchev–Trinajstić information content (AvgIpc) is 3.63. The molecule has 6 aromatic carbocycles. The molecule has 0 fully saturated rings. The molecule has 0 atom stereocenters. The smallest absolute Gasteiger partial charge is 0.145 e. The maximum absolute atomic E-state index is 5.21. The largest absolute Gasteiger partial charge is 0.317 e. The number of aromatic nitrogens is 3. The lowest BCUT2D eigenvalue weighted by Crippen LogP contribution is -2.00. The number of benzene rings is 6. The Bertz CT molecular complexity index is 2450. The summed E-state index contributed by atoms with van der Waals surface area (Å²) in [4.78, 5) is 5.21. The van der Waals surface area contributed by atoms with Crippen molar-refractivity contribution in [2.45, 2.75) is 0 Å². The first-order valence-corrected chi connectivity index (χ1v) is 14.3. The van der Waals surface area contributed by atoms with Crippen LogP contribution in [0.2, 0.25) is 0 Å². The van der Waals surface area contributed by atoms with E-state index in [1.54, 1.807) is 0 Å². The summed E-state index contributed by atoms with van der Waals surface area (Å²) in [6, 6.07) is 49.9. The van der Waals surface area contributed by atoms with Crippen molar-refractivity contribution in [1.82, 2.24) is 14.1 Å². The first kappa shape index (κ1) is 23.1. The normalized spacial score (nSPS) is 11.8. The lowest BCUT2D eigenvalue weighted by atomic mass is 10.0. The van der Waals surface area contributed by atoms with Crippen molar-refractivity contribution in [3.63, 3.8) is 0 Å². The second-order valence-corrected chi connectivity index (χ2v) is 10.9. The van der Waals surface area contributed by atoms with E-state index in [0.717, 1.165) is 28.0 Å². The van der Waals surface area contributed by atoms with Gasteiger partial charge >= 0.3 is 0 Å². The van der Waals surface area contributed by atoms with Crippen molar-refractivity contribution in [2.24, 2.45) is 0 Å². The topological polar surface area (TPSA) is 22.8 Å². The fourth-order valence-corrected chi connectivity index (χ4v) is 6.65.